The van der Waals surface area contributed by atoms with E-state index in [1.807, 2.05) is 18.3 Å². The van der Waals surface area contributed by atoms with Gasteiger partial charge in [0.2, 0.25) is 0 Å². The molecule has 1 heterocycles. The van der Waals surface area contributed by atoms with Crippen LogP contribution in [0, 0.1) is 0 Å². The predicted octanol–water partition coefficient (Wildman–Crippen LogP) is 6.98. The van der Waals surface area contributed by atoms with E-state index >= 15 is 0 Å². The van der Waals surface area contributed by atoms with Crippen molar-refractivity contribution >= 4 is 11.6 Å². The molecule has 120 valence electrons. The highest BCUT2D eigenvalue weighted by atomic mass is 35.5. The Morgan fingerprint density at radius 3 is 1.86 bits per heavy atom. The van der Waals surface area contributed by atoms with E-state index in [1.165, 1.54) is 77.0 Å². The second-order valence-corrected chi connectivity index (χ2v) is 6.48. The van der Waals surface area contributed by atoms with Crippen molar-refractivity contribution in [3.05, 3.63) is 29.0 Å². The molecule has 0 N–H and O–H groups in total. The van der Waals surface area contributed by atoms with Crippen molar-refractivity contribution < 1.29 is 0 Å². The normalized spacial score (nSPS) is 11.0. The molecule has 1 aromatic heterocycles. The average Bonchev–Trinajstić information content (AvgIpc) is 2.50. The Labute approximate surface area is 136 Å². The van der Waals surface area contributed by atoms with Crippen molar-refractivity contribution in [1.29, 1.82) is 0 Å². The summed E-state index contributed by atoms with van der Waals surface area (Å²) in [6.45, 7) is 2.28. The zero-order chi connectivity index (χ0) is 15.2. The van der Waals surface area contributed by atoms with Gasteiger partial charge < -0.3 is 0 Å². The summed E-state index contributed by atoms with van der Waals surface area (Å²) < 4.78 is 0. The fraction of sp³-hybridized carbons (Fsp3) is 0.737. The molecule has 21 heavy (non-hydrogen) atoms. The van der Waals surface area contributed by atoms with Crippen LogP contribution in [0.4, 0.5) is 0 Å². The zero-order valence-corrected chi connectivity index (χ0v) is 14.5. The highest BCUT2D eigenvalue weighted by Gasteiger charge is 2.00. The molecular weight excluding hydrogens is 278 g/mol. The van der Waals surface area contributed by atoms with Crippen molar-refractivity contribution in [2.75, 3.05) is 0 Å². The Bertz CT molecular complexity index is 351. The van der Waals surface area contributed by atoms with Gasteiger partial charge in [-0.05, 0) is 25.0 Å². The number of pyridine rings is 1. The lowest BCUT2D eigenvalue weighted by Gasteiger charge is -2.04. The highest BCUT2D eigenvalue weighted by Crippen LogP contribution is 2.16. The molecule has 0 saturated carbocycles. The summed E-state index contributed by atoms with van der Waals surface area (Å²) in [4.78, 5) is 4.34. The van der Waals surface area contributed by atoms with E-state index in [0.717, 1.165) is 17.1 Å². The lowest BCUT2D eigenvalue weighted by atomic mass is 10.0. The van der Waals surface area contributed by atoms with Gasteiger partial charge in [-0.2, -0.15) is 0 Å². The second kappa shape index (κ2) is 13.1. The van der Waals surface area contributed by atoms with Crippen LogP contribution in [0.2, 0.25) is 5.02 Å². The van der Waals surface area contributed by atoms with Gasteiger partial charge in [0, 0.05) is 6.20 Å². The largest absolute Gasteiger partial charge is 0.260 e. The second-order valence-electron chi connectivity index (χ2n) is 6.07. The third-order valence-corrected chi connectivity index (χ3v) is 4.45. The SMILES string of the molecule is CCCCCCCCCCCCCCc1ncccc1Cl. The van der Waals surface area contributed by atoms with E-state index in [-0.39, 0.29) is 0 Å². The first-order valence-electron chi connectivity index (χ1n) is 8.94. The molecule has 1 rings (SSSR count). The van der Waals surface area contributed by atoms with Crippen LogP contribution in [0.15, 0.2) is 18.3 Å². The Morgan fingerprint density at radius 1 is 0.810 bits per heavy atom. The number of hydrogen-bond acceptors (Lipinski definition) is 1. The summed E-state index contributed by atoms with van der Waals surface area (Å²) in [7, 11) is 0. The summed E-state index contributed by atoms with van der Waals surface area (Å²) in [5, 5.41) is 0.820. The van der Waals surface area contributed by atoms with Crippen LogP contribution in [-0.2, 0) is 6.42 Å². The first kappa shape index (κ1) is 18.5. The van der Waals surface area contributed by atoms with Gasteiger partial charge in [0.15, 0.2) is 0 Å². The smallest absolute Gasteiger partial charge is 0.0621 e. The number of hydrogen-bond donors (Lipinski definition) is 0. The zero-order valence-electron chi connectivity index (χ0n) is 13.7. The molecule has 0 fully saturated rings. The minimum Gasteiger partial charge on any atom is -0.260 e. The molecule has 0 bridgehead atoms. The Kier molecular flexibility index (Phi) is 11.6. The maximum Gasteiger partial charge on any atom is 0.0621 e. The lowest BCUT2D eigenvalue weighted by molar-refractivity contribution is 0.543. The molecule has 0 aliphatic carbocycles. The molecule has 0 aromatic carbocycles. The van der Waals surface area contributed by atoms with E-state index in [2.05, 4.69) is 11.9 Å². The molecule has 0 atom stereocenters. The molecule has 1 aromatic rings. The molecule has 0 amide bonds. The maximum absolute atomic E-state index is 6.10. The predicted molar refractivity (Wildman–Crippen MR) is 94.0 cm³/mol. The van der Waals surface area contributed by atoms with Gasteiger partial charge in [-0.25, -0.2) is 0 Å². The number of rotatable bonds is 13. The number of nitrogens with zero attached hydrogens (tertiary/aromatic N) is 1. The fourth-order valence-corrected chi connectivity index (χ4v) is 2.95. The van der Waals surface area contributed by atoms with Crippen LogP contribution < -0.4 is 0 Å². The van der Waals surface area contributed by atoms with Crippen LogP contribution in [0.3, 0.4) is 0 Å². The standard InChI is InChI=1S/C19H32ClN/c1-2-3-4-5-6-7-8-9-10-11-12-13-16-19-18(20)15-14-17-21-19/h14-15,17H,2-13,16H2,1H3. The van der Waals surface area contributed by atoms with Crippen molar-refractivity contribution in [2.24, 2.45) is 0 Å². The summed E-state index contributed by atoms with van der Waals surface area (Å²) >= 11 is 6.10. The number of unbranched alkanes of at least 4 members (excludes halogenated alkanes) is 11. The third-order valence-electron chi connectivity index (χ3n) is 4.10. The van der Waals surface area contributed by atoms with Crippen molar-refractivity contribution in [1.82, 2.24) is 4.98 Å². The van der Waals surface area contributed by atoms with E-state index < -0.39 is 0 Å². The first-order chi connectivity index (χ1) is 10.3. The molecular formula is C19H32ClN. The molecule has 0 saturated heterocycles. The molecule has 1 nitrogen and oxygen atoms in total. The van der Waals surface area contributed by atoms with Crippen LogP contribution in [0.5, 0.6) is 0 Å². The number of aromatic nitrogens is 1. The van der Waals surface area contributed by atoms with Gasteiger partial charge in [0.1, 0.15) is 0 Å². The van der Waals surface area contributed by atoms with Crippen molar-refractivity contribution in [2.45, 2.75) is 90.4 Å². The van der Waals surface area contributed by atoms with Crippen LogP contribution in [-0.4, -0.2) is 4.98 Å². The van der Waals surface area contributed by atoms with Gasteiger partial charge in [0.25, 0.3) is 0 Å². The minimum absolute atomic E-state index is 0.820. The van der Waals surface area contributed by atoms with E-state index in [9.17, 15) is 0 Å². The van der Waals surface area contributed by atoms with E-state index in [4.69, 9.17) is 11.6 Å². The average molecular weight is 310 g/mol. The van der Waals surface area contributed by atoms with Gasteiger partial charge >= 0.3 is 0 Å². The Hall–Kier alpha value is -0.560. The maximum atomic E-state index is 6.10. The molecule has 0 aliphatic heterocycles. The van der Waals surface area contributed by atoms with Crippen LogP contribution in [0.25, 0.3) is 0 Å². The van der Waals surface area contributed by atoms with E-state index in [0.29, 0.717) is 0 Å². The van der Waals surface area contributed by atoms with Gasteiger partial charge in [0.05, 0.1) is 10.7 Å². The molecule has 0 spiro atoms. The minimum atomic E-state index is 0.820. The quantitative estimate of drug-likeness (QED) is 0.358. The summed E-state index contributed by atoms with van der Waals surface area (Å²) in [6, 6.07) is 3.83. The van der Waals surface area contributed by atoms with Crippen LogP contribution >= 0.6 is 11.6 Å². The summed E-state index contributed by atoms with van der Waals surface area (Å²) in [6.07, 6.45) is 19.5. The highest BCUT2D eigenvalue weighted by molar-refractivity contribution is 6.31. The molecule has 0 aliphatic rings. The Balaban J connectivity index is 1.84. The van der Waals surface area contributed by atoms with Crippen molar-refractivity contribution in [3.63, 3.8) is 0 Å². The van der Waals surface area contributed by atoms with Gasteiger partial charge in [-0.1, -0.05) is 89.2 Å². The number of aryl methyl sites for hydroxylation is 1. The first-order valence-corrected chi connectivity index (χ1v) is 9.31. The number of halogens is 1. The van der Waals surface area contributed by atoms with E-state index in [1.54, 1.807) is 0 Å². The molecule has 0 radical (unpaired) electrons. The van der Waals surface area contributed by atoms with Crippen LogP contribution in [0.1, 0.15) is 89.7 Å². The topological polar surface area (TPSA) is 12.9 Å². The third kappa shape index (κ3) is 9.90. The lowest BCUT2D eigenvalue weighted by Crippen LogP contribution is -1.91. The van der Waals surface area contributed by atoms with Gasteiger partial charge in [-0.3, -0.25) is 4.98 Å². The fourth-order valence-electron chi connectivity index (χ4n) is 2.74. The van der Waals surface area contributed by atoms with Gasteiger partial charge in [-0.15, -0.1) is 0 Å². The summed E-state index contributed by atoms with van der Waals surface area (Å²) in [5.41, 5.74) is 1.06. The monoisotopic (exact) mass is 309 g/mol. The summed E-state index contributed by atoms with van der Waals surface area (Å²) in [5.74, 6) is 0. The molecule has 0 unspecified atom stereocenters. The Morgan fingerprint density at radius 2 is 1.33 bits per heavy atom. The molecule has 2 heteroatoms. The van der Waals surface area contributed by atoms with Crippen molar-refractivity contribution in [3.8, 4) is 0 Å².